The van der Waals surface area contributed by atoms with E-state index in [0.29, 0.717) is 44.1 Å². The second kappa shape index (κ2) is 12.4. The molecule has 0 aliphatic carbocycles. The minimum absolute atomic E-state index is 0.241. The summed E-state index contributed by atoms with van der Waals surface area (Å²) in [5.41, 5.74) is 1.59. The minimum atomic E-state index is -1.02. The van der Waals surface area contributed by atoms with Gasteiger partial charge in [-0.15, -0.1) is 0 Å². The number of amides is 3. The number of alkyl halides is 1. The van der Waals surface area contributed by atoms with E-state index < -0.39 is 11.7 Å². The van der Waals surface area contributed by atoms with Crippen LogP contribution in [-0.4, -0.2) is 94.7 Å². The van der Waals surface area contributed by atoms with E-state index in [1.54, 1.807) is 11.9 Å². The third-order valence-electron chi connectivity index (χ3n) is 9.76. The number of benzene rings is 1. The van der Waals surface area contributed by atoms with Crippen molar-refractivity contribution in [2.45, 2.75) is 63.1 Å². The molecule has 5 rings (SSSR count). The Kier molecular flexibility index (Phi) is 8.95. The van der Waals surface area contributed by atoms with Crippen LogP contribution in [0, 0.1) is 11.8 Å². The highest BCUT2D eigenvalue weighted by molar-refractivity contribution is 6.02. The van der Waals surface area contributed by atoms with Crippen LogP contribution in [0.1, 0.15) is 51.4 Å². The van der Waals surface area contributed by atoms with Crippen molar-refractivity contribution in [1.82, 2.24) is 15.5 Å². The second-order valence-corrected chi connectivity index (χ2v) is 12.3. The van der Waals surface area contributed by atoms with Gasteiger partial charge in [-0.25, -0.2) is 4.39 Å². The molecule has 1 aromatic carbocycles. The third-order valence-corrected chi connectivity index (χ3v) is 9.76. The van der Waals surface area contributed by atoms with E-state index in [4.69, 9.17) is 0 Å². The van der Waals surface area contributed by atoms with E-state index in [-0.39, 0.29) is 11.8 Å². The summed E-state index contributed by atoms with van der Waals surface area (Å²) in [5.74, 6) is 0.871. The molecule has 4 saturated heterocycles. The monoisotopic (exact) mass is 556 g/mol. The molecule has 40 heavy (non-hydrogen) atoms. The molecule has 9 nitrogen and oxygen atoms in total. The lowest BCUT2D eigenvalue weighted by Gasteiger charge is -2.43. The zero-order chi connectivity index (χ0) is 28.3. The first-order valence-corrected chi connectivity index (χ1v) is 15.0. The van der Waals surface area contributed by atoms with E-state index in [9.17, 15) is 14.4 Å². The quantitative estimate of drug-likeness (QED) is 0.376. The van der Waals surface area contributed by atoms with Gasteiger partial charge in [-0.05, 0) is 101 Å². The maximum atomic E-state index is 15.2. The average Bonchev–Trinajstić information content (AvgIpc) is 2.97. The van der Waals surface area contributed by atoms with Crippen molar-refractivity contribution < 1.29 is 18.8 Å². The predicted molar refractivity (Wildman–Crippen MR) is 156 cm³/mol. The van der Waals surface area contributed by atoms with Crippen LogP contribution in [0.2, 0.25) is 0 Å². The topological polar surface area (TPSA) is 88.2 Å². The summed E-state index contributed by atoms with van der Waals surface area (Å²) in [7, 11) is 3.57. The van der Waals surface area contributed by atoms with E-state index >= 15 is 4.39 Å². The van der Waals surface area contributed by atoms with Gasteiger partial charge in [0.25, 0.3) is 0 Å². The number of piperidine rings is 4. The smallest absolute Gasteiger partial charge is 0.249 e. The molecular formula is C30H45FN6O3. The Balaban J connectivity index is 1.17. The van der Waals surface area contributed by atoms with Crippen molar-refractivity contribution in [3.05, 3.63) is 18.2 Å². The predicted octanol–water partition coefficient (Wildman–Crippen LogP) is 2.54. The molecule has 1 atom stereocenters. The van der Waals surface area contributed by atoms with Crippen LogP contribution < -0.4 is 25.3 Å². The number of nitrogens with zero attached hydrogens (tertiary/aromatic N) is 4. The number of carbonyl (C=O) groups excluding carboxylic acids is 3. The molecule has 10 heteroatoms. The fourth-order valence-electron chi connectivity index (χ4n) is 7.21. The van der Waals surface area contributed by atoms with E-state index in [0.717, 1.165) is 88.4 Å². The van der Waals surface area contributed by atoms with Crippen molar-refractivity contribution in [3.8, 4) is 0 Å². The van der Waals surface area contributed by atoms with Crippen LogP contribution in [0.25, 0.3) is 0 Å². The molecule has 2 N–H and O–H groups in total. The summed E-state index contributed by atoms with van der Waals surface area (Å²) in [4.78, 5) is 44.0. The van der Waals surface area contributed by atoms with Crippen LogP contribution in [-0.2, 0) is 14.4 Å². The lowest BCUT2D eigenvalue weighted by Crippen LogP contribution is -2.51. The van der Waals surface area contributed by atoms with E-state index in [1.807, 2.05) is 24.1 Å². The molecule has 3 amide bonds. The number of hydrogen-bond acceptors (Lipinski definition) is 7. The van der Waals surface area contributed by atoms with Crippen LogP contribution >= 0.6 is 0 Å². The van der Waals surface area contributed by atoms with Crippen LogP contribution in [0.3, 0.4) is 0 Å². The van der Waals surface area contributed by atoms with E-state index in [2.05, 4.69) is 26.5 Å². The van der Waals surface area contributed by atoms with Crippen LogP contribution in [0.15, 0.2) is 18.2 Å². The molecule has 4 fully saturated rings. The summed E-state index contributed by atoms with van der Waals surface area (Å²) in [6, 6.07) is 5.64. The number of carbonyl (C=O) groups is 3. The van der Waals surface area contributed by atoms with Gasteiger partial charge in [0.2, 0.25) is 18.2 Å². The summed E-state index contributed by atoms with van der Waals surface area (Å²) in [6.07, 6.45) is 7.40. The van der Waals surface area contributed by atoms with Crippen molar-refractivity contribution in [2.75, 3.05) is 74.6 Å². The summed E-state index contributed by atoms with van der Waals surface area (Å²) in [5, 5.41) is 5.70. The van der Waals surface area contributed by atoms with Crippen LogP contribution in [0.4, 0.5) is 21.5 Å². The molecule has 4 heterocycles. The summed E-state index contributed by atoms with van der Waals surface area (Å²) in [6.45, 7) is 6.12. The molecule has 0 spiro atoms. The zero-order valence-electron chi connectivity index (χ0n) is 24.0. The van der Waals surface area contributed by atoms with Gasteiger partial charge >= 0.3 is 0 Å². The average molecular weight is 557 g/mol. The molecular weight excluding hydrogens is 511 g/mol. The first-order chi connectivity index (χ1) is 19.3. The minimum Gasteiger partial charge on any atom is -0.371 e. The number of likely N-dealkylation sites (N-methyl/N-ethyl adjacent to an activating group) is 1. The Morgan fingerprint density at radius 3 is 2.25 bits per heavy atom. The van der Waals surface area contributed by atoms with Gasteiger partial charge in [-0.1, -0.05) is 0 Å². The maximum Gasteiger partial charge on any atom is 0.249 e. The third kappa shape index (κ3) is 6.43. The van der Waals surface area contributed by atoms with Gasteiger partial charge in [0.1, 0.15) is 11.7 Å². The number of rotatable bonds is 8. The normalized spacial score (nSPS) is 25.0. The fourth-order valence-corrected chi connectivity index (χ4v) is 7.21. The Hall–Kier alpha value is -2.72. The summed E-state index contributed by atoms with van der Waals surface area (Å²) < 4.78 is 15.2. The van der Waals surface area contributed by atoms with Gasteiger partial charge < -0.3 is 24.9 Å². The van der Waals surface area contributed by atoms with Crippen molar-refractivity contribution in [3.63, 3.8) is 0 Å². The lowest BCUT2D eigenvalue weighted by molar-refractivity contribution is -0.134. The molecule has 4 aliphatic heterocycles. The molecule has 0 saturated carbocycles. The first-order valence-electron chi connectivity index (χ1n) is 15.0. The van der Waals surface area contributed by atoms with Gasteiger partial charge in [-0.3, -0.25) is 19.7 Å². The number of nitrogens with one attached hydrogen (secondary N) is 2. The number of anilines is 3. The second-order valence-electron chi connectivity index (χ2n) is 12.3. The van der Waals surface area contributed by atoms with E-state index in [1.165, 1.54) is 0 Å². The van der Waals surface area contributed by atoms with Crippen LogP contribution in [0.5, 0.6) is 0 Å². The van der Waals surface area contributed by atoms with Gasteiger partial charge in [-0.2, -0.15) is 0 Å². The molecule has 1 aromatic rings. The Morgan fingerprint density at radius 1 is 0.975 bits per heavy atom. The molecule has 0 radical (unpaired) electrons. The number of imide groups is 1. The highest BCUT2D eigenvalue weighted by Crippen LogP contribution is 2.38. The number of hydrogen-bond donors (Lipinski definition) is 2. The highest BCUT2D eigenvalue weighted by atomic mass is 19.1. The van der Waals surface area contributed by atoms with Crippen molar-refractivity contribution >= 4 is 35.3 Å². The van der Waals surface area contributed by atoms with Gasteiger partial charge in [0.15, 0.2) is 0 Å². The lowest BCUT2D eigenvalue weighted by atomic mass is 9.78. The Bertz CT molecular complexity index is 1060. The van der Waals surface area contributed by atoms with Crippen molar-refractivity contribution in [2.24, 2.45) is 11.8 Å². The Morgan fingerprint density at radius 2 is 1.62 bits per heavy atom. The van der Waals surface area contributed by atoms with Gasteiger partial charge in [0.05, 0.1) is 11.4 Å². The zero-order valence-corrected chi connectivity index (χ0v) is 24.0. The largest absolute Gasteiger partial charge is 0.371 e. The molecule has 220 valence electrons. The summed E-state index contributed by atoms with van der Waals surface area (Å²) >= 11 is 0. The number of halogens is 1. The number of likely N-dealkylation sites (tertiary alicyclic amines) is 1. The molecule has 1 unspecified atom stereocenters. The first kappa shape index (κ1) is 28.8. The SMILES string of the molecule is CN(C=O)c1cc(N2CCC(C3CCN(CC4(F)CCNCC4)CC3)CC2)ccc1N(C)C1CCC(=O)NC1=O. The maximum absolute atomic E-state index is 15.2. The molecule has 0 bridgehead atoms. The Labute approximate surface area is 237 Å². The molecule has 4 aliphatic rings. The molecule has 0 aromatic heterocycles. The van der Waals surface area contributed by atoms with Gasteiger partial charge in [0, 0.05) is 45.8 Å². The highest BCUT2D eigenvalue weighted by Gasteiger charge is 2.37. The fraction of sp³-hybridized carbons (Fsp3) is 0.700. The standard InChI is InChI=1S/C30H45FN6O3/c1-34(21-38)27-19-24(3-4-25(27)35(2)26-5-6-28(39)33-29(26)40)37-17-9-23(10-18-37)22-7-15-36(16-8-22)20-30(31)11-13-32-14-12-30/h3-4,19,21-23,26,32H,5-18,20H2,1-2H3,(H,33,39,40). The van der Waals surface area contributed by atoms with Crippen molar-refractivity contribution in [1.29, 1.82) is 0 Å².